The van der Waals surface area contributed by atoms with Crippen LogP contribution in [0, 0.1) is 6.92 Å². The lowest BCUT2D eigenvalue weighted by molar-refractivity contribution is 0.167. The monoisotopic (exact) mass is 209 g/mol. The highest BCUT2D eigenvalue weighted by atomic mass is 16.5. The van der Waals surface area contributed by atoms with Gasteiger partial charge in [-0.2, -0.15) is 0 Å². The zero-order chi connectivity index (χ0) is 11.3. The van der Waals surface area contributed by atoms with Gasteiger partial charge in [-0.15, -0.1) is 0 Å². The van der Waals surface area contributed by atoms with Gasteiger partial charge in [-0.3, -0.25) is 0 Å². The van der Waals surface area contributed by atoms with E-state index >= 15 is 0 Å². The number of ether oxygens (including phenoxy) is 1. The molecule has 0 radical (unpaired) electrons. The molecule has 1 unspecified atom stereocenters. The summed E-state index contributed by atoms with van der Waals surface area (Å²) in [6, 6.07) is 5.78. The molecule has 0 aliphatic heterocycles. The number of nitrogens with one attached hydrogen (secondary N) is 1. The van der Waals surface area contributed by atoms with Crippen molar-refractivity contribution in [1.82, 2.24) is 5.32 Å². The van der Waals surface area contributed by atoms with Gasteiger partial charge in [0.2, 0.25) is 0 Å². The third-order valence-electron chi connectivity index (χ3n) is 2.47. The quantitative estimate of drug-likeness (QED) is 0.774. The molecule has 2 N–H and O–H groups in total. The van der Waals surface area contributed by atoms with Crippen molar-refractivity contribution >= 4 is 0 Å². The van der Waals surface area contributed by atoms with Crippen LogP contribution in [0.4, 0.5) is 0 Å². The van der Waals surface area contributed by atoms with Gasteiger partial charge >= 0.3 is 0 Å². The van der Waals surface area contributed by atoms with Gasteiger partial charge in [-0.25, -0.2) is 0 Å². The maximum Gasteiger partial charge on any atom is 0.121 e. The zero-order valence-corrected chi connectivity index (χ0v) is 9.58. The normalized spacial score (nSPS) is 12.5. The summed E-state index contributed by atoms with van der Waals surface area (Å²) < 4.78 is 5.17. The first kappa shape index (κ1) is 12.0. The van der Waals surface area contributed by atoms with E-state index in [0.29, 0.717) is 0 Å². The van der Waals surface area contributed by atoms with Crippen molar-refractivity contribution in [2.75, 3.05) is 20.7 Å². The molecule has 0 amide bonds. The van der Waals surface area contributed by atoms with E-state index in [1.165, 1.54) is 0 Å². The Morgan fingerprint density at radius 1 is 1.47 bits per heavy atom. The summed E-state index contributed by atoms with van der Waals surface area (Å²) in [5, 5.41) is 12.9. The summed E-state index contributed by atoms with van der Waals surface area (Å²) >= 11 is 0. The minimum absolute atomic E-state index is 0.401. The Balaban J connectivity index is 2.73. The van der Waals surface area contributed by atoms with Crippen LogP contribution in [0.5, 0.6) is 5.75 Å². The van der Waals surface area contributed by atoms with Crippen molar-refractivity contribution in [3.63, 3.8) is 0 Å². The van der Waals surface area contributed by atoms with Crippen molar-refractivity contribution in [1.29, 1.82) is 0 Å². The van der Waals surface area contributed by atoms with Crippen molar-refractivity contribution in [2.45, 2.75) is 19.4 Å². The van der Waals surface area contributed by atoms with Crippen LogP contribution in [-0.2, 0) is 0 Å². The number of hydrogen-bond donors (Lipinski definition) is 2. The molecule has 0 aromatic heterocycles. The van der Waals surface area contributed by atoms with Crippen LogP contribution < -0.4 is 10.1 Å². The number of rotatable bonds is 5. The highest BCUT2D eigenvalue weighted by Crippen LogP contribution is 2.23. The van der Waals surface area contributed by atoms with Gasteiger partial charge in [0, 0.05) is 0 Å². The van der Waals surface area contributed by atoms with E-state index < -0.39 is 6.10 Å². The van der Waals surface area contributed by atoms with E-state index in [9.17, 15) is 5.11 Å². The number of benzene rings is 1. The van der Waals surface area contributed by atoms with Gasteiger partial charge in [0.1, 0.15) is 5.75 Å². The fraction of sp³-hybridized carbons (Fsp3) is 0.500. The number of aryl methyl sites for hydroxylation is 1. The van der Waals surface area contributed by atoms with Crippen LogP contribution in [-0.4, -0.2) is 25.8 Å². The maximum absolute atomic E-state index is 9.86. The zero-order valence-electron chi connectivity index (χ0n) is 9.58. The molecule has 0 aliphatic rings. The van der Waals surface area contributed by atoms with Gasteiger partial charge in [-0.05, 0) is 50.2 Å². The Morgan fingerprint density at radius 2 is 2.20 bits per heavy atom. The third kappa shape index (κ3) is 3.22. The first-order chi connectivity index (χ1) is 7.19. The maximum atomic E-state index is 9.86. The molecule has 15 heavy (non-hydrogen) atoms. The average Bonchev–Trinajstić information content (AvgIpc) is 2.25. The molecule has 0 heterocycles. The fourth-order valence-corrected chi connectivity index (χ4v) is 1.56. The van der Waals surface area contributed by atoms with Crippen LogP contribution in [0.2, 0.25) is 0 Å². The van der Waals surface area contributed by atoms with Crippen LogP contribution in [0.3, 0.4) is 0 Å². The van der Waals surface area contributed by atoms with E-state index in [1.807, 2.05) is 32.2 Å². The molecule has 0 saturated carbocycles. The number of hydrogen-bond acceptors (Lipinski definition) is 3. The highest BCUT2D eigenvalue weighted by Gasteiger charge is 2.08. The Labute approximate surface area is 91.1 Å². The molecule has 0 aliphatic carbocycles. The second kappa shape index (κ2) is 5.73. The summed E-state index contributed by atoms with van der Waals surface area (Å²) in [4.78, 5) is 0. The number of aliphatic hydroxyl groups is 1. The number of aliphatic hydroxyl groups excluding tert-OH is 1. The predicted octanol–water partition coefficient (Wildman–Crippen LogP) is 1.65. The lowest BCUT2D eigenvalue weighted by Crippen LogP contribution is -2.12. The lowest BCUT2D eigenvalue weighted by atomic mass is 10.0. The van der Waals surface area contributed by atoms with Gasteiger partial charge in [-0.1, -0.05) is 6.07 Å². The first-order valence-corrected chi connectivity index (χ1v) is 5.16. The van der Waals surface area contributed by atoms with Gasteiger partial charge < -0.3 is 15.2 Å². The molecule has 1 rings (SSSR count). The molecule has 84 valence electrons. The van der Waals surface area contributed by atoms with Crippen molar-refractivity contribution in [3.05, 3.63) is 29.3 Å². The van der Waals surface area contributed by atoms with E-state index in [2.05, 4.69) is 5.32 Å². The summed E-state index contributed by atoms with van der Waals surface area (Å²) in [6.45, 7) is 2.79. The highest BCUT2D eigenvalue weighted by molar-refractivity contribution is 5.36. The van der Waals surface area contributed by atoms with Crippen molar-refractivity contribution in [2.24, 2.45) is 0 Å². The Kier molecular flexibility index (Phi) is 4.59. The van der Waals surface area contributed by atoms with Crippen LogP contribution in [0.15, 0.2) is 18.2 Å². The second-order valence-corrected chi connectivity index (χ2v) is 3.64. The summed E-state index contributed by atoms with van der Waals surface area (Å²) in [5.74, 6) is 0.861. The van der Waals surface area contributed by atoms with Crippen LogP contribution in [0.1, 0.15) is 23.7 Å². The van der Waals surface area contributed by atoms with Crippen molar-refractivity contribution < 1.29 is 9.84 Å². The standard InChI is InChI=1S/C12H19NO2/c1-9-8-10(4-5-12(9)15-3)11(14)6-7-13-2/h4-5,8,11,13-14H,6-7H2,1-3H3. The largest absolute Gasteiger partial charge is 0.496 e. The number of methoxy groups -OCH3 is 1. The molecule has 3 heteroatoms. The minimum atomic E-state index is -0.401. The molecule has 1 atom stereocenters. The van der Waals surface area contributed by atoms with Crippen LogP contribution >= 0.6 is 0 Å². The average molecular weight is 209 g/mol. The predicted molar refractivity (Wildman–Crippen MR) is 61.2 cm³/mol. The second-order valence-electron chi connectivity index (χ2n) is 3.64. The SMILES string of the molecule is CNCCC(O)c1ccc(OC)c(C)c1. The van der Waals surface area contributed by atoms with Crippen LogP contribution in [0.25, 0.3) is 0 Å². The first-order valence-electron chi connectivity index (χ1n) is 5.16. The summed E-state index contributed by atoms with van der Waals surface area (Å²) in [6.07, 6.45) is 0.324. The van der Waals surface area contributed by atoms with E-state index in [1.54, 1.807) is 7.11 Å². The van der Waals surface area contributed by atoms with E-state index in [0.717, 1.165) is 29.8 Å². The van der Waals surface area contributed by atoms with Gasteiger partial charge in [0.15, 0.2) is 0 Å². The molecule has 0 saturated heterocycles. The summed E-state index contributed by atoms with van der Waals surface area (Å²) in [7, 11) is 3.53. The van der Waals surface area contributed by atoms with Crippen molar-refractivity contribution in [3.8, 4) is 5.75 Å². The molecule has 0 spiro atoms. The smallest absolute Gasteiger partial charge is 0.121 e. The topological polar surface area (TPSA) is 41.5 Å². The molecular weight excluding hydrogens is 190 g/mol. The molecular formula is C12H19NO2. The van der Waals surface area contributed by atoms with Gasteiger partial charge in [0.05, 0.1) is 13.2 Å². The summed E-state index contributed by atoms with van der Waals surface area (Å²) in [5.41, 5.74) is 2.00. The Bertz CT molecular complexity index is 312. The molecule has 1 aromatic carbocycles. The fourth-order valence-electron chi connectivity index (χ4n) is 1.56. The van der Waals surface area contributed by atoms with E-state index in [4.69, 9.17) is 4.74 Å². The third-order valence-corrected chi connectivity index (χ3v) is 2.47. The Morgan fingerprint density at radius 3 is 2.73 bits per heavy atom. The van der Waals surface area contributed by atoms with Gasteiger partial charge in [0.25, 0.3) is 0 Å². The molecule has 0 bridgehead atoms. The lowest BCUT2D eigenvalue weighted by Gasteiger charge is -2.13. The van der Waals surface area contributed by atoms with E-state index in [-0.39, 0.29) is 0 Å². The Hall–Kier alpha value is -1.06. The molecule has 3 nitrogen and oxygen atoms in total. The molecule has 0 fully saturated rings. The minimum Gasteiger partial charge on any atom is -0.496 e. The molecule has 1 aromatic rings.